The Balaban J connectivity index is 2.69. The number of hydrogen-bond acceptors (Lipinski definition) is 5. The monoisotopic (exact) mass is 274 g/mol. The van der Waals surface area contributed by atoms with E-state index in [1.807, 2.05) is 0 Å². The highest BCUT2D eigenvalue weighted by Crippen LogP contribution is 2.30. The van der Waals surface area contributed by atoms with Crippen LogP contribution in [0.1, 0.15) is 6.92 Å². The number of esters is 2. The van der Waals surface area contributed by atoms with Crippen LogP contribution < -0.4 is 0 Å². The largest absolute Gasteiger partial charge is 0.478 e. The van der Waals surface area contributed by atoms with Crippen molar-refractivity contribution in [2.45, 2.75) is 6.92 Å². The maximum absolute atomic E-state index is 11.7. The molecule has 1 heterocycles. The minimum absolute atomic E-state index is 0.0187. The van der Waals surface area contributed by atoms with Gasteiger partial charge in [0.2, 0.25) is 0 Å². The fraction of sp³-hybridized carbons (Fsp3) is 0.143. The summed E-state index contributed by atoms with van der Waals surface area (Å²) < 4.78 is 4.53. The summed E-state index contributed by atoms with van der Waals surface area (Å²) in [5, 5.41) is 9.08. The van der Waals surface area contributed by atoms with E-state index in [1.54, 1.807) is 0 Å². The van der Waals surface area contributed by atoms with E-state index in [4.69, 9.17) is 5.11 Å². The van der Waals surface area contributed by atoms with Gasteiger partial charge in [0.15, 0.2) is 5.78 Å². The summed E-state index contributed by atoms with van der Waals surface area (Å²) in [6, 6.07) is 0. The van der Waals surface area contributed by atoms with Gasteiger partial charge in [-0.2, -0.15) is 0 Å². The summed E-state index contributed by atoms with van der Waals surface area (Å²) in [7, 11) is 0. The van der Waals surface area contributed by atoms with Gasteiger partial charge in [-0.1, -0.05) is 12.7 Å². The van der Waals surface area contributed by atoms with Gasteiger partial charge in [0.1, 0.15) is 5.92 Å². The van der Waals surface area contributed by atoms with Crippen LogP contribution in [-0.4, -0.2) is 28.8 Å². The summed E-state index contributed by atoms with van der Waals surface area (Å²) >= 11 is 0. The van der Waals surface area contributed by atoms with Gasteiger partial charge in [0.05, 0.1) is 11.1 Å². The van der Waals surface area contributed by atoms with Crippen LogP contribution in [-0.2, 0) is 23.9 Å². The second kappa shape index (κ2) is 4.73. The van der Waals surface area contributed by atoms with Crippen LogP contribution in [0, 0.1) is 5.92 Å². The number of carbonyl (C=O) groups excluding carboxylic acids is 3. The number of aliphatic carboxylic acids is 1. The maximum Gasteiger partial charge on any atom is 0.345 e. The molecular weight excluding hydrogens is 264 g/mol. The van der Waals surface area contributed by atoms with E-state index in [1.165, 1.54) is 13.0 Å². The van der Waals surface area contributed by atoms with Gasteiger partial charge in [0.25, 0.3) is 0 Å². The van der Waals surface area contributed by atoms with Crippen molar-refractivity contribution in [1.29, 1.82) is 0 Å². The molecule has 102 valence electrons. The Hall–Kier alpha value is -2.76. The van der Waals surface area contributed by atoms with Gasteiger partial charge in [-0.05, 0) is 24.6 Å². The van der Waals surface area contributed by atoms with E-state index in [9.17, 15) is 19.2 Å². The fourth-order valence-corrected chi connectivity index (χ4v) is 1.96. The number of carboxylic acids is 1. The van der Waals surface area contributed by atoms with E-state index >= 15 is 0 Å². The average Bonchev–Trinajstić information content (AvgIpc) is 2.32. The highest BCUT2D eigenvalue weighted by atomic mass is 16.6. The van der Waals surface area contributed by atoms with Crippen molar-refractivity contribution in [1.82, 2.24) is 0 Å². The summed E-state index contributed by atoms with van der Waals surface area (Å²) in [6.45, 7) is 4.88. The lowest BCUT2D eigenvalue weighted by molar-refractivity contribution is -0.159. The number of carboxylic acid groups (broad SMARTS) is 1. The van der Waals surface area contributed by atoms with Crippen molar-refractivity contribution < 1.29 is 29.0 Å². The lowest BCUT2D eigenvalue weighted by atomic mass is 9.85. The molecule has 2 aliphatic rings. The predicted molar refractivity (Wildman–Crippen MR) is 66.3 cm³/mol. The highest BCUT2D eigenvalue weighted by Gasteiger charge is 2.34. The lowest BCUT2D eigenvalue weighted by Crippen LogP contribution is -2.30. The summed E-state index contributed by atoms with van der Waals surface area (Å²) in [6.07, 6.45) is 3.44. The van der Waals surface area contributed by atoms with Gasteiger partial charge in [-0.3, -0.25) is 9.59 Å². The number of cyclic esters (lactones) is 2. The molecule has 1 aliphatic heterocycles. The van der Waals surface area contributed by atoms with Gasteiger partial charge < -0.3 is 9.84 Å². The van der Waals surface area contributed by atoms with Crippen LogP contribution >= 0.6 is 0 Å². The summed E-state index contributed by atoms with van der Waals surface area (Å²) in [5.74, 6) is -4.45. The van der Waals surface area contributed by atoms with Crippen LogP contribution in [0.15, 0.2) is 47.1 Å². The van der Waals surface area contributed by atoms with E-state index in [0.29, 0.717) is 0 Å². The molecule has 0 radical (unpaired) electrons. The number of carbonyl (C=O) groups is 4. The maximum atomic E-state index is 11.7. The van der Waals surface area contributed by atoms with Crippen molar-refractivity contribution in [3.63, 3.8) is 0 Å². The van der Waals surface area contributed by atoms with Crippen molar-refractivity contribution in [2.75, 3.05) is 0 Å². The van der Waals surface area contributed by atoms with Crippen molar-refractivity contribution in [2.24, 2.45) is 5.92 Å². The predicted octanol–water partition coefficient (Wildman–Crippen LogP) is 0.709. The summed E-state index contributed by atoms with van der Waals surface area (Å²) in [5.41, 5.74) is -0.177. The van der Waals surface area contributed by atoms with Crippen molar-refractivity contribution >= 4 is 23.7 Å². The molecule has 6 heteroatoms. The molecule has 0 aromatic carbocycles. The molecule has 1 aliphatic carbocycles. The molecule has 0 saturated heterocycles. The van der Waals surface area contributed by atoms with Crippen LogP contribution in [0.2, 0.25) is 0 Å². The smallest absolute Gasteiger partial charge is 0.345 e. The molecule has 0 fully saturated rings. The van der Waals surface area contributed by atoms with Gasteiger partial charge >= 0.3 is 17.9 Å². The minimum Gasteiger partial charge on any atom is -0.478 e. The molecule has 2 rings (SSSR count). The first-order chi connectivity index (χ1) is 9.31. The summed E-state index contributed by atoms with van der Waals surface area (Å²) in [4.78, 5) is 45.9. The Morgan fingerprint density at radius 1 is 1.30 bits per heavy atom. The molecular formula is C14H10O6. The quantitative estimate of drug-likeness (QED) is 0.588. The molecule has 20 heavy (non-hydrogen) atoms. The Morgan fingerprint density at radius 2 is 1.95 bits per heavy atom. The minimum atomic E-state index is -1.30. The molecule has 0 amide bonds. The Morgan fingerprint density at radius 3 is 2.50 bits per heavy atom. The van der Waals surface area contributed by atoms with E-state index in [2.05, 4.69) is 11.3 Å². The molecule has 0 saturated carbocycles. The zero-order chi connectivity index (χ0) is 15.0. The molecule has 6 nitrogen and oxygen atoms in total. The molecule has 0 aromatic heterocycles. The molecule has 0 aromatic rings. The Bertz CT molecular complexity index is 659. The first-order valence-electron chi connectivity index (χ1n) is 5.66. The number of rotatable bonds is 2. The normalized spacial score (nSPS) is 21.9. The van der Waals surface area contributed by atoms with Gasteiger partial charge in [-0.25, -0.2) is 9.59 Å². The van der Waals surface area contributed by atoms with Crippen molar-refractivity contribution in [3.05, 3.63) is 47.1 Å². The van der Waals surface area contributed by atoms with Crippen LogP contribution in [0.3, 0.4) is 0 Å². The number of ketones is 1. The van der Waals surface area contributed by atoms with E-state index in [-0.39, 0.29) is 22.3 Å². The lowest BCUT2D eigenvalue weighted by Gasteiger charge is -2.22. The third-order valence-corrected chi connectivity index (χ3v) is 2.99. The molecule has 2 bridgehead atoms. The first-order valence-corrected chi connectivity index (χ1v) is 5.66. The molecule has 1 N–H and O–H groups in total. The van der Waals surface area contributed by atoms with Gasteiger partial charge in [0, 0.05) is 5.57 Å². The third kappa shape index (κ3) is 2.23. The average molecular weight is 274 g/mol. The number of allylic oxidation sites excluding steroid dienone is 1. The van der Waals surface area contributed by atoms with Crippen molar-refractivity contribution in [3.8, 4) is 0 Å². The number of ether oxygens (including phenoxy) is 1. The fourth-order valence-electron chi connectivity index (χ4n) is 1.96. The topological polar surface area (TPSA) is 97.7 Å². The standard InChI is InChI=1S/C14H10O6/c1-6-10(7(2)15)4-8(12(16)17)3-9-5-11(6)14(19)20-13(9)18/h3-5,11H,1H2,2H3,(H,16,17). The molecule has 0 spiro atoms. The zero-order valence-electron chi connectivity index (χ0n) is 10.5. The SMILES string of the molecule is C=C1C(C(C)=O)=CC(C(=O)O)=CC2=CC1C(=O)OC2=O. The molecule has 1 atom stereocenters. The molecule has 1 unspecified atom stereocenters. The van der Waals surface area contributed by atoms with E-state index < -0.39 is 29.6 Å². The Labute approximate surface area is 113 Å². The second-order valence-corrected chi connectivity index (χ2v) is 4.35. The van der Waals surface area contributed by atoms with Crippen LogP contribution in [0.5, 0.6) is 0 Å². The van der Waals surface area contributed by atoms with Crippen LogP contribution in [0.25, 0.3) is 0 Å². The Kier molecular flexibility index (Phi) is 3.23. The van der Waals surface area contributed by atoms with Gasteiger partial charge in [-0.15, -0.1) is 0 Å². The third-order valence-electron chi connectivity index (χ3n) is 2.99. The zero-order valence-corrected chi connectivity index (χ0v) is 10.5. The first kappa shape index (κ1) is 13.7. The highest BCUT2D eigenvalue weighted by molar-refractivity contribution is 6.09. The second-order valence-electron chi connectivity index (χ2n) is 4.35. The number of Topliss-reactive ketones (excluding diaryl/α,β-unsaturated/α-hetero) is 1. The number of hydrogen-bond donors (Lipinski definition) is 1. The van der Waals surface area contributed by atoms with Crippen LogP contribution in [0.4, 0.5) is 0 Å². The van der Waals surface area contributed by atoms with E-state index in [0.717, 1.165) is 12.2 Å². The number of fused-ring (bicyclic) bond motifs is 1.